The molecule has 6 heterocycles. The lowest BCUT2D eigenvalue weighted by Gasteiger charge is -2.20. The van der Waals surface area contributed by atoms with Gasteiger partial charge in [0, 0.05) is 41.5 Å². The first-order valence-electron chi connectivity index (χ1n) is 13.7. The zero-order chi connectivity index (χ0) is 26.9. The molecular weight excluding hydrogens is 500 g/mol. The smallest absolute Gasteiger partial charge is 0.224 e. The van der Waals surface area contributed by atoms with E-state index < -0.39 is 0 Å². The Balaban J connectivity index is 1.19. The van der Waals surface area contributed by atoms with Gasteiger partial charge in [0.1, 0.15) is 16.9 Å². The fraction of sp³-hybridized carbons (Fsp3) is 0.226. The van der Waals surface area contributed by atoms with Crippen molar-refractivity contribution in [2.24, 2.45) is 5.92 Å². The molecule has 6 aromatic rings. The normalized spacial score (nSPS) is 14.1. The fourth-order valence-electron chi connectivity index (χ4n) is 5.66. The molecule has 1 aliphatic rings. The molecule has 0 saturated heterocycles. The van der Waals surface area contributed by atoms with Crippen LogP contribution in [0.4, 0.5) is 5.69 Å². The van der Waals surface area contributed by atoms with Crippen LogP contribution < -0.4 is 5.32 Å². The standard InChI is InChI=1S/C31H28N8O/c40-28(14-19-6-2-1-3-7-19)35-21-15-20(17-32-18-21)24-9-10-26-29(36-24)30(39-38-26)27-16-23-22(11-13-34-31(23)37-27)25-8-4-5-12-33-25/h4-5,8-13,15-19H,1-3,6-7,14H2,(H,34,37)(H,35,40)(H,38,39). The van der Waals surface area contributed by atoms with E-state index in [1.807, 2.05) is 48.5 Å². The van der Waals surface area contributed by atoms with Crippen LogP contribution in [0, 0.1) is 5.92 Å². The number of nitrogens with one attached hydrogen (secondary N) is 3. The average molecular weight is 529 g/mol. The second-order valence-electron chi connectivity index (χ2n) is 10.4. The monoisotopic (exact) mass is 528 g/mol. The van der Waals surface area contributed by atoms with Crippen LogP contribution in [0.2, 0.25) is 0 Å². The Bertz CT molecular complexity index is 1820. The molecule has 1 amide bonds. The number of anilines is 1. The van der Waals surface area contributed by atoms with Gasteiger partial charge in [-0.3, -0.25) is 19.9 Å². The van der Waals surface area contributed by atoms with Crippen molar-refractivity contribution in [1.82, 2.24) is 35.1 Å². The molecule has 40 heavy (non-hydrogen) atoms. The summed E-state index contributed by atoms with van der Waals surface area (Å²) in [5, 5.41) is 11.7. The zero-order valence-corrected chi connectivity index (χ0v) is 21.9. The summed E-state index contributed by atoms with van der Waals surface area (Å²) in [5.74, 6) is 0.525. The van der Waals surface area contributed by atoms with Gasteiger partial charge in [0.2, 0.25) is 5.91 Å². The minimum Gasteiger partial charge on any atom is -0.338 e. The van der Waals surface area contributed by atoms with Crippen molar-refractivity contribution >= 4 is 33.7 Å². The maximum Gasteiger partial charge on any atom is 0.224 e. The molecule has 1 aliphatic carbocycles. The second-order valence-corrected chi connectivity index (χ2v) is 10.4. The van der Waals surface area contributed by atoms with Crippen LogP contribution in [-0.4, -0.2) is 41.0 Å². The van der Waals surface area contributed by atoms with Gasteiger partial charge in [0.05, 0.1) is 34.5 Å². The summed E-state index contributed by atoms with van der Waals surface area (Å²) >= 11 is 0. The van der Waals surface area contributed by atoms with Gasteiger partial charge in [-0.05, 0) is 61.2 Å². The predicted octanol–water partition coefficient (Wildman–Crippen LogP) is 6.53. The van der Waals surface area contributed by atoms with Crippen LogP contribution >= 0.6 is 0 Å². The quantitative estimate of drug-likeness (QED) is 0.226. The maximum absolute atomic E-state index is 12.7. The van der Waals surface area contributed by atoms with Gasteiger partial charge in [-0.1, -0.05) is 25.3 Å². The van der Waals surface area contributed by atoms with Crippen molar-refractivity contribution in [3.63, 3.8) is 0 Å². The summed E-state index contributed by atoms with van der Waals surface area (Å²) < 4.78 is 0. The number of hydrogen-bond donors (Lipinski definition) is 3. The van der Waals surface area contributed by atoms with E-state index in [1.54, 1.807) is 24.8 Å². The van der Waals surface area contributed by atoms with E-state index in [0.29, 0.717) is 23.7 Å². The van der Waals surface area contributed by atoms with E-state index in [2.05, 4.69) is 35.5 Å². The second kappa shape index (κ2) is 10.3. The topological polar surface area (TPSA) is 125 Å². The number of nitrogens with zero attached hydrogens (tertiary/aromatic N) is 5. The third-order valence-corrected chi connectivity index (χ3v) is 7.65. The summed E-state index contributed by atoms with van der Waals surface area (Å²) in [6.07, 6.45) is 13.6. The first-order chi connectivity index (χ1) is 19.7. The first-order valence-corrected chi connectivity index (χ1v) is 13.7. The van der Waals surface area contributed by atoms with Crippen molar-refractivity contribution in [2.75, 3.05) is 5.32 Å². The molecule has 0 atom stereocenters. The third kappa shape index (κ3) is 4.70. The fourth-order valence-corrected chi connectivity index (χ4v) is 5.66. The van der Waals surface area contributed by atoms with Gasteiger partial charge in [0.25, 0.3) is 0 Å². The Kier molecular flexibility index (Phi) is 6.24. The number of H-pyrrole nitrogens is 2. The molecule has 198 valence electrons. The van der Waals surface area contributed by atoms with Crippen molar-refractivity contribution in [3.05, 3.63) is 73.3 Å². The summed E-state index contributed by atoms with van der Waals surface area (Å²) in [6.45, 7) is 0. The predicted molar refractivity (Wildman–Crippen MR) is 155 cm³/mol. The van der Waals surface area contributed by atoms with Gasteiger partial charge in [-0.2, -0.15) is 5.10 Å². The molecule has 0 spiro atoms. The SMILES string of the molecule is O=C(CC1CCCCC1)Nc1cncc(-c2ccc3[nH]nc(-c4cc5c(-c6ccccn6)ccnc5[nH]4)c3n2)c1. The summed E-state index contributed by atoms with van der Waals surface area (Å²) in [7, 11) is 0. The number of carbonyl (C=O) groups excluding carboxylic acids is 1. The molecule has 0 radical (unpaired) electrons. The van der Waals surface area contributed by atoms with Crippen molar-refractivity contribution in [2.45, 2.75) is 38.5 Å². The van der Waals surface area contributed by atoms with Gasteiger partial charge >= 0.3 is 0 Å². The van der Waals surface area contributed by atoms with Crippen LogP contribution in [0.5, 0.6) is 0 Å². The Morgan fingerprint density at radius 1 is 0.950 bits per heavy atom. The summed E-state index contributed by atoms with van der Waals surface area (Å²) in [6, 6.07) is 15.7. The Morgan fingerprint density at radius 2 is 1.88 bits per heavy atom. The average Bonchev–Trinajstić information content (AvgIpc) is 3.62. The number of aromatic amines is 2. The van der Waals surface area contributed by atoms with E-state index in [9.17, 15) is 4.79 Å². The van der Waals surface area contributed by atoms with E-state index >= 15 is 0 Å². The number of fused-ring (bicyclic) bond motifs is 2. The van der Waals surface area contributed by atoms with E-state index in [1.165, 1.54) is 19.3 Å². The molecule has 7 rings (SSSR count). The number of pyridine rings is 4. The number of amides is 1. The molecule has 0 aromatic carbocycles. The number of carbonyl (C=O) groups is 1. The van der Waals surface area contributed by atoms with Crippen LogP contribution in [-0.2, 0) is 4.79 Å². The van der Waals surface area contributed by atoms with Crippen LogP contribution in [0.25, 0.3) is 56.0 Å². The highest BCUT2D eigenvalue weighted by Crippen LogP contribution is 2.33. The molecule has 0 bridgehead atoms. The highest BCUT2D eigenvalue weighted by atomic mass is 16.1. The molecule has 1 saturated carbocycles. The molecular formula is C31H28N8O. The Labute approximate surface area is 230 Å². The van der Waals surface area contributed by atoms with E-state index in [0.717, 1.165) is 63.1 Å². The molecule has 6 aromatic heterocycles. The first kappa shape index (κ1) is 24.1. The molecule has 9 nitrogen and oxygen atoms in total. The third-order valence-electron chi connectivity index (χ3n) is 7.65. The van der Waals surface area contributed by atoms with Gasteiger partial charge in [-0.15, -0.1) is 0 Å². The lowest BCUT2D eigenvalue weighted by atomic mass is 9.87. The highest BCUT2D eigenvalue weighted by Gasteiger charge is 2.18. The maximum atomic E-state index is 12.7. The van der Waals surface area contributed by atoms with E-state index in [-0.39, 0.29) is 5.91 Å². The van der Waals surface area contributed by atoms with Crippen LogP contribution in [0.1, 0.15) is 38.5 Å². The molecule has 9 heteroatoms. The molecule has 1 fully saturated rings. The number of hydrogen-bond acceptors (Lipinski definition) is 6. The lowest BCUT2D eigenvalue weighted by Crippen LogP contribution is -2.18. The molecule has 3 N–H and O–H groups in total. The van der Waals surface area contributed by atoms with Crippen LogP contribution in [0.3, 0.4) is 0 Å². The Hall–Kier alpha value is -4.92. The summed E-state index contributed by atoms with van der Waals surface area (Å²) in [5.41, 5.74) is 7.93. The lowest BCUT2D eigenvalue weighted by molar-refractivity contribution is -0.117. The van der Waals surface area contributed by atoms with Crippen molar-refractivity contribution in [3.8, 4) is 33.9 Å². The minimum absolute atomic E-state index is 0.0453. The number of aromatic nitrogens is 7. The van der Waals surface area contributed by atoms with Gasteiger partial charge in [0.15, 0.2) is 0 Å². The largest absolute Gasteiger partial charge is 0.338 e. The number of rotatable bonds is 6. The van der Waals surface area contributed by atoms with Crippen LogP contribution in [0.15, 0.2) is 73.3 Å². The van der Waals surface area contributed by atoms with Crippen molar-refractivity contribution in [1.29, 1.82) is 0 Å². The molecule has 0 aliphatic heterocycles. The highest BCUT2D eigenvalue weighted by molar-refractivity contribution is 5.98. The van der Waals surface area contributed by atoms with Crippen molar-refractivity contribution < 1.29 is 4.79 Å². The zero-order valence-electron chi connectivity index (χ0n) is 21.9. The van der Waals surface area contributed by atoms with E-state index in [4.69, 9.17) is 4.98 Å². The van der Waals surface area contributed by atoms with Gasteiger partial charge < -0.3 is 10.3 Å². The summed E-state index contributed by atoms with van der Waals surface area (Å²) in [4.78, 5) is 34.4. The molecule has 0 unspecified atom stereocenters. The van der Waals surface area contributed by atoms with Gasteiger partial charge in [-0.25, -0.2) is 9.97 Å². The minimum atomic E-state index is 0.0453. The Morgan fingerprint density at radius 3 is 2.75 bits per heavy atom.